The molecule has 2 N–H and O–H groups in total. The summed E-state index contributed by atoms with van der Waals surface area (Å²) in [7, 11) is 3.61. The van der Waals surface area contributed by atoms with Crippen LogP contribution in [0, 0.1) is 5.41 Å². The van der Waals surface area contributed by atoms with E-state index in [1.165, 1.54) is 25.7 Å². The monoisotopic (exact) mass is 307 g/mol. The summed E-state index contributed by atoms with van der Waals surface area (Å²) in [5.74, 6) is 0.879. The molecule has 1 aromatic heterocycles. The molecule has 1 saturated carbocycles. The van der Waals surface area contributed by atoms with Crippen LogP contribution in [-0.4, -0.2) is 49.4 Å². The third-order valence-electron chi connectivity index (χ3n) is 4.58. The average molecular weight is 307 g/mol. The zero-order valence-electron chi connectivity index (χ0n) is 13.8. The maximum atomic E-state index is 5.29. The second-order valence-corrected chi connectivity index (χ2v) is 6.10. The molecule has 0 unspecified atom stereocenters. The first kappa shape index (κ1) is 16.8. The summed E-state index contributed by atoms with van der Waals surface area (Å²) in [6.45, 7) is 3.53. The third kappa shape index (κ3) is 5.02. The molecule has 0 spiro atoms. The first-order valence-corrected chi connectivity index (χ1v) is 8.17. The summed E-state index contributed by atoms with van der Waals surface area (Å²) in [5, 5.41) is 6.86. The van der Waals surface area contributed by atoms with Crippen LogP contribution in [-0.2, 0) is 11.3 Å². The minimum Gasteiger partial charge on any atom is -0.385 e. The molecule has 0 atom stereocenters. The Morgan fingerprint density at radius 1 is 1.36 bits per heavy atom. The molecule has 6 heteroatoms. The Balaban J connectivity index is 1.74. The highest BCUT2D eigenvalue weighted by atomic mass is 16.5. The Hall–Kier alpha value is -1.56. The lowest BCUT2D eigenvalue weighted by molar-refractivity contribution is 0.138. The van der Waals surface area contributed by atoms with Gasteiger partial charge in [-0.2, -0.15) is 0 Å². The van der Waals surface area contributed by atoms with Crippen LogP contribution in [0.4, 0.5) is 0 Å². The molecule has 1 aromatic rings. The van der Waals surface area contributed by atoms with E-state index < -0.39 is 0 Å². The van der Waals surface area contributed by atoms with Crippen LogP contribution in [0.1, 0.15) is 32.1 Å². The highest BCUT2D eigenvalue weighted by molar-refractivity contribution is 5.79. The van der Waals surface area contributed by atoms with Crippen molar-refractivity contribution in [3.63, 3.8) is 0 Å². The van der Waals surface area contributed by atoms with Crippen molar-refractivity contribution in [2.45, 2.75) is 38.6 Å². The molecule has 124 valence electrons. The predicted octanol–water partition coefficient (Wildman–Crippen LogP) is 1.64. The van der Waals surface area contributed by atoms with E-state index in [0.717, 1.165) is 38.6 Å². The van der Waals surface area contributed by atoms with Crippen LogP contribution in [0.2, 0.25) is 0 Å². The number of imidazole rings is 1. The van der Waals surface area contributed by atoms with Gasteiger partial charge in [0.15, 0.2) is 5.96 Å². The number of methoxy groups -OCH3 is 1. The van der Waals surface area contributed by atoms with E-state index in [0.29, 0.717) is 5.41 Å². The molecule has 0 bridgehead atoms. The number of aliphatic imine (C=N–C) groups is 1. The van der Waals surface area contributed by atoms with Gasteiger partial charge < -0.3 is 19.9 Å². The quantitative estimate of drug-likeness (QED) is 0.566. The van der Waals surface area contributed by atoms with E-state index in [4.69, 9.17) is 4.74 Å². The third-order valence-corrected chi connectivity index (χ3v) is 4.58. The molecule has 0 aliphatic heterocycles. The van der Waals surface area contributed by atoms with Crippen LogP contribution < -0.4 is 10.6 Å². The number of nitrogens with one attached hydrogen (secondary N) is 2. The maximum Gasteiger partial charge on any atom is 0.191 e. The van der Waals surface area contributed by atoms with E-state index in [1.54, 1.807) is 13.3 Å². The molecule has 22 heavy (non-hydrogen) atoms. The highest BCUT2D eigenvalue weighted by Gasteiger charge is 2.33. The molecule has 0 amide bonds. The minimum atomic E-state index is 0.373. The van der Waals surface area contributed by atoms with Gasteiger partial charge in [0.1, 0.15) is 0 Å². The number of hydrogen-bond donors (Lipinski definition) is 2. The Morgan fingerprint density at radius 3 is 2.82 bits per heavy atom. The van der Waals surface area contributed by atoms with E-state index in [2.05, 4.69) is 25.2 Å². The molecule has 1 heterocycles. The fraction of sp³-hybridized carbons (Fsp3) is 0.750. The zero-order valence-corrected chi connectivity index (χ0v) is 13.8. The van der Waals surface area contributed by atoms with Gasteiger partial charge in [-0.1, -0.05) is 12.8 Å². The van der Waals surface area contributed by atoms with E-state index in [-0.39, 0.29) is 0 Å². The minimum absolute atomic E-state index is 0.373. The lowest BCUT2D eigenvalue weighted by Gasteiger charge is -2.30. The summed E-state index contributed by atoms with van der Waals surface area (Å²) in [5.41, 5.74) is 0.373. The number of guanidine groups is 1. The van der Waals surface area contributed by atoms with Gasteiger partial charge in [0.2, 0.25) is 0 Å². The SMILES string of the molecule is CN=C(NCCn1ccnc1)NCC1(CCOC)CCCC1. The fourth-order valence-corrected chi connectivity index (χ4v) is 3.17. The Bertz CT molecular complexity index is 437. The predicted molar refractivity (Wildman–Crippen MR) is 89.0 cm³/mol. The molecule has 1 aliphatic carbocycles. The van der Waals surface area contributed by atoms with E-state index in [9.17, 15) is 0 Å². The lowest BCUT2D eigenvalue weighted by atomic mass is 9.83. The van der Waals surface area contributed by atoms with Gasteiger partial charge in [0.05, 0.1) is 6.33 Å². The average Bonchev–Trinajstić information content (AvgIpc) is 3.21. The second kappa shape index (κ2) is 8.78. The van der Waals surface area contributed by atoms with Crippen molar-refractivity contribution in [1.29, 1.82) is 0 Å². The Kier molecular flexibility index (Phi) is 6.71. The van der Waals surface area contributed by atoms with Crippen molar-refractivity contribution < 1.29 is 4.74 Å². The van der Waals surface area contributed by atoms with Crippen molar-refractivity contribution in [2.75, 3.05) is 33.9 Å². The van der Waals surface area contributed by atoms with Gasteiger partial charge in [-0.05, 0) is 24.7 Å². The van der Waals surface area contributed by atoms with Gasteiger partial charge in [-0.3, -0.25) is 4.99 Å². The van der Waals surface area contributed by atoms with Gasteiger partial charge >= 0.3 is 0 Å². The number of ether oxygens (including phenoxy) is 1. The molecule has 1 aliphatic rings. The standard InChI is InChI=1S/C16H29N5O/c1-17-15(19-9-11-21-10-8-18-14-21)20-13-16(7-12-22-2)5-3-4-6-16/h8,10,14H,3-7,9,11-13H2,1-2H3,(H2,17,19,20). The van der Waals surface area contributed by atoms with Gasteiger partial charge in [-0.25, -0.2) is 4.98 Å². The van der Waals surface area contributed by atoms with Crippen LogP contribution in [0.25, 0.3) is 0 Å². The summed E-state index contributed by atoms with van der Waals surface area (Å²) in [6.07, 6.45) is 12.0. The topological polar surface area (TPSA) is 63.5 Å². The Morgan fingerprint density at radius 2 is 2.18 bits per heavy atom. The molecule has 0 radical (unpaired) electrons. The molecule has 2 rings (SSSR count). The molecular formula is C16H29N5O. The van der Waals surface area contributed by atoms with Crippen LogP contribution in [0.15, 0.2) is 23.7 Å². The fourth-order valence-electron chi connectivity index (χ4n) is 3.17. The van der Waals surface area contributed by atoms with Crippen LogP contribution in [0.3, 0.4) is 0 Å². The highest BCUT2D eigenvalue weighted by Crippen LogP contribution is 2.40. The molecular weight excluding hydrogens is 278 g/mol. The number of aromatic nitrogens is 2. The maximum absolute atomic E-state index is 5.29. The van der Waals surface area contributed by atoms with Gasteiger partial charge in [0, 0.05) is 52.8 Å². The number of hydrogen-bond acceptors (Lipinski definition) is 3. The van der Waals surface area contributed by atoms with E-state index >= 15 is 0 Å². The summed E-state index contributed by atoms with van der Waals surface area (Å²) >= 11 is 0. The summed E-state index contributed by atoms with van der Waals surface area (Å²) in [4.78, 5) is 8.36. The largest absolute Gasteiger partial charge is 0.385 e. The molecule has 0 saturated heterocycles. The van der Waals surface area contributed by atoms with Crippen molar-refractivity contribution >= 4 is 5.96 Å². The van der Waals surface area contributed by atoms with Crippen molar-refractivity contribution in [3.8, 4) is 0 Å². The first-order valence-electron chi connectivity index (χ1n) is 8.17. The zero-order chi connectivity index (χ0) is 15.7. The van der Waals surface area contributed by atoms with Gasteiger partial charge in [0.25, 0.3) is 0 Å². The van der Waals surface area contributed by atoms with Crippen molar-refractivity contribution in [2.24, 2.45) is 10.4 Å². The smallest absolute Gasteiger partial charge is 0.191 e. The van der Waals surface area contributed by atoms with Crippen molar-refractivity contribution in [1.82, 2.24) is 20.2 Å². The second-order valence-electron chi connectivity index (χ2n) is 6.10. The number of rotatable bonds is 8. The van der Waals surface area contributed by atoms with Crippen LogP contribution >= 0.6 is 0 Å². The molecule has 0 aromatic carbocycles. The first-order chi connectivity index (χ1) is 10.8. The Labute approximate surface area is 133 Å². The summed E-state index contributed by atoms with van der Waals surface area (Å²) < 4.78 is 7.34. The van der Waals surface area contributed by atoms with E-state index in [1.807, 2.05) is 19.6 Å². The number of nitrogens with zero attached hydrogens (tertiary/aromatic N) is 3. The summed E-state index contributed by atoms with van der Waals surface area (Å²) in [6, 6.07) is 0. The van der Waals surface area contributed by atoms with Crippen molar-refractivity contribution in [3.05, 3.63) is 18.7 Å². The van der Waals surface area contributed by atoms with Crippen LogP contribution in [0.5, 0.6) is 0 Å². The molecule has 6 nitrogen and oxygen atoms in total. The normalized spacial score (nSPS) is 17.6. The lowest BCUT2D eigenvalue weighted by Crippen LogP contribution is -2.44. The molecule has 1 fully saturated rings. The van der Waals surface area contributed by atoms with Gasteiger partial charge in [-0.15, -0.1) is 0 Å².